The van der Waals surface area contributed by atoms with Gasteiger partial charge in [0.2, 0.25) is 0 Å². The molecule has 0 saturated heterocycles. The molecule has 10 heteroatoms. The molecule has 2 aromatic rings. The van der Waals surface area contributed by atoms with Gasteiger partial charge in [0.1, 0.15) is 18.1 Å². The van der Waals surface area contributed by atoms with Crippen LogP contribution in [0.5, 0.6) is 11.5 Å². The third-order valence-corrected chi connectivity index (χ3v) is 10.7. The molecule has 0 aliphatic carbocycles. The highest BCUT2D eigenvalue weighted by Gasteiger charge is 2.65. The molecular formula is C23H34O8P2. The molecular weight excluding hydrogens is 466 g/mol. The van der Waals surface area contributed by atoms with E-state index in [4.69, 9.17) is 27.6 Å². The van der Waals surface area contributed by atoms with Crippen LogP contribution < -0.4 is 9.47 Å². The van der Waals surface area contributed by atoms with Crippen molar-refractivity contribution in [3.8, 4) is 11.5 Å². The quantitative estimate of drug-likeness (QED) is 0.245. The van der Waals surface area contributed by atoms with E-state index in [-0.39, 0.29) is 32.2 Å². The molecule has 0 radical (unpaired) electrons. The number of hydrogen-bond donors (Lipinski definition) is 0. The second-order valence-electron chi connectivity index (χ2n) is 6.95. The number of rotatable bonds is 15. The van der Waals surface area contributed by atoms with Crippen LogP contribution in [-0.4, -0.2) is 31.5 Å². The van der Waals surface area contributed by atoms with Crippen LogP contribution in [0.3, 0.4) is 0 Å². The Kier molecular flexibility index (Phi) is 10.6. The van der Waals surface area contributed by atoms with Crippen LogP contribution in [0.1, 0.15) is 40.2 Å². The fourth-order valence-corrected chi connectivity index (χ4v) is 7.86. The van der Waals surface area contributed by atoms with Crippen molar-refractivity contribution in [1.29, 1.82) is 0 Å². The molecule has 0 aliphatic rings. The minimum Gasteiger partial charge on any atom is -0.489 e. The summed E-state index contributed by atoms with van der Waals surface area (Å²) in [5.74, 6) is 0.896. The number of benzene rings is 2. The molecule has 0 amide bonds. The first-order valence-electron chi connectivity index (χ1n) is 11.0. The molecule has 0 bridgehead atoms. The highest BCUT2D eigenvalue weighted by Crippen LogP contribution is 2.77. The van der Waals surface area contributed by atoms with Gasteiger partial charge in [0.15, 0.2) is 0 Å². The van der Waals surface area contributed by atoms with Crippen molar-refractivity contribution in [2.45, 2.75) is 46.3 Å². The second-order valence-corrected chi connectivity index (χ2v) is 12.0. The maximum atomic E-state index is 13.8. The monoisotopic (exact) mass is 500 g/mol. The summed E-state index contributed by atoms with van der Waals surface area (Å²) in [4.78, 5) is 0. The summed E-state index contributed by atoms with van der Waals surface area (Å²) < 4.78 is 61.6. The predicted molar refractivity (Wildman–Crippen MR) is 128 cm³/mol. The van der Waals surface area contributed by atoms with E-state index >= 15 is 0 Å². The molecule has 0 aliphatic heterocycles. The second kappa shape index (κ2) is 12.7. The van der Waals surface area contributed by atoms with E-state index in [2.05, 4.69) is 0 Å². The topological polar surface area (TPSA) is 89.5 Å². The largest absolute Gasteiger partial charge is 0.489 e. The zero-order valence-corrected chi connectivity index (χ0v) is 21.7. The van der Waals surface area contributed by atoms with E-state index in [9.17, 15) is 9.13 Å². The van der Waals surface area contributed by atoms with Gasteiger partial charge >= 0.3 is 20.3 Å². The molecule has 0 heterocycles. The zero-order chi connectivity index (χ0) is 24.4. The highest BCUT2D eigenvalue weighted by atomic mass is 31.2. The lowest BCUT2D eigenvalue weighted by Crippen LogP contribution is -2.36. The Labute approximate surface area is 196 Å². The van der Waals surface area contributed by atoms with Gasteiger partial charge < -0.3 is 27.6 Å². The number of hydrogen-bond acceptors (Lipinski definition) is 8. The van der Waals surface area contributed by atoms with Gasteiger partial charge in [-0.1, -0.05) is 30.3 Å². The van der Waals surface area contributed by atoms with Crippen LogP contribution in [0.15, 0.2) is 54.6 Å². The normalized spacial score (nSPS) is 12.5. The lowest BCUT2D eigenvalue weighted by atomic mass is 10.2. The molecule has 8 nitrogen and oxygen atoms in total. The maximum Gasteiger partial charge on any atom is 0.386 e. The van der Waals surface area contributed by atoms with E-state index in [0.717, 1.165) is 5.56 Å². The van der Waals surface area contributed by atoms with Gasteiger partial charge in [0.25, 0.3) is 0 Å². The summed E-state index contributed by atoms with van der Waals surface area (Å²) in [7, 11) is -8.24. The van der Waals surface area contributed by atoms with Crippen LogP contribution >= 0.6 is 15.2 Å². The van der Waals surface area contributed by atoms with Crippen molar-refractivity contribution in [1.82, 2.24) is 0 Å². The van der Waals surface area contributed by atoms with E-state index in [1.165, 1.54) is 6.92 Å². The predicted octanol–water partition coefficient (Wildman–Crippen LogP) is 6.85. The van der Waals surface area contributed by atoms with E-state index < -0.39 is 20.3 Å². The van der Waals surface area contributed by atoms with Gasteiger partial charge in [0, 0.05) is 0 Å². The van der Waals surface area contributed by atoms with Crippen LogP contribution in [0, 0.1) is 0 Å². The minimum absolute atomic E-state index is 0.0563. The number of ether oxygens (including phenoxy) is 2. The van der Waals surface area contributed by atoms with Crippen molar-refractivity contribution in [2.75, 3.05) is 26.4 Å². The maximum absolute atomic E-state index is 13.8. The van der Waals surface area contributed by atoms with E-state index in [0.29, 0.717) is 12.4 Å². The lowest BCUT2D eigenvalue weighted by molar-refractivity contribution is 0.107. The van der Waals surface area contributed by atoms with Crippen molar-refractivity contribution in [3.05, 3.63) is 60.2 Å². The summed E-state index contributed by atoms with van der Waals surface area (Å²) in [6, 6.07) is 16.4. The van der Waals surface area contributed by atoms with Crippen molar-refractivity contribution in [3.63, 3.8) is 0 Å². The fraction of sp³-hybridized carbons (Fsp3) is 0.478. The van der Waals surface area contributed by atoms with Crippen LogP contribution in [0.25, 0.3) is 0 Å². The molecule has 0 saturated carbocycles. The first-order chi connectivity index (χ1) is 15.8. The van der Waals surface area contributed by atoms with E-state index in [1.807, 2.05) is 30.3 Å². The Balaban J connectivity index is 2.35. The molecule has 0 N–H and O–H groups in total. The summed E-state index contributed by atoms with van der Waals surface area (Å²) in [6.45, 7) is 8.67. The Hall–Kier alpha value is -1.66. The van der Waals surface area contributed by atoms with Crippen molar-refractivity contribution in [2.24, 2.45) is 0 Å². The summed E-state index contributed by atoms with van der Waals surface area (Å²) >= 11 is 0. The van der Waals surface area contributed by atoms with Gasteiger partial charge in [0.05, 0.1) is 26.4 Å². The highest BCUT2D eigenvalue weighted by molar-refractivity contribution is 7.73. The smallest absolute Gasteiger partial charge is 0.386 e. The first-order valence-corrected chi connectivity index (χ1v) is 14.1. The molecule has 0 fully saturated rings. The average Bonchev–Trinajstić information content (AvgIpc) is 2.80. The average molecular weight is 500 g/mol. The van der Waals surface area contributed by atoms with Crippen LogP contribution in [-0.2, 0) is 33.8 Å². The molecule has 2 aromatic carbocycles. The zero-order valence-electron chi connectivity index (χ0n) is 19.9. The first kappa shape index (κ1) is 27.6. The standard InChI is InChI=1S/C23H34O8P2/c1-6-27-32(24,28-7-2)23(5,33(25,29-8-3)30-9-4)31-22-17-15-21(16-18-22)26-19-20-13-11-10-12-14-20/h10-18H,6-9,19H2,1-5H3. The van der Waals surface area contributed by atoms with Crippen molar-refractivity contribution < 1.29 is 36.7 Å². The summed E-state index contributed by atoms with van der Waals surface area (Å²) in [5.41, 5.74) is 1.04. The Bertz CT molecular complexity index is 883. The molecule has 33 heavy (non-hydrogen) atoms. The van der Waals surface area contributed by atoms with Gasteiger partial charge in [-0.2, -0.15) is 0 Å². The SMILES string of the molecule is CCOP(=O)(OCC)C(C)(Oc1ccc(OCc2ccccc2)cc1)P(=O)(OCC)OCC. The molecule has 0 atom stereocenters. The third kappa shape index (κ3) is 6.69. The minimum atomic E-state index is -4.12. The molecule has 2 rings (SSSR count). The molecule has 184 valence electrons. The Morgan fingerprint density at radius 1 is 0.667 bits per heavy atom. The molecule has 0 unspecified atom stereocenters. The Morgan fingerprint density at radius 3 is 1.52 bits per heavy atom. The fourth-order valence-electron chi connectivity index (χ4n) is 3.06. The molecule has 0 spiro atoms. The third-order valence-electron chi connectivity index (χ3n) is 4.60. The van der Waals surface area contributed by atoms with Gasteiger partial charge in [-0.05, 0) is 64.4 Å². The van der Waals surface area contributed by atoms with Crippen LogP contribution in [0.4, 0.5) is 0 Å². The summed E-state index contributed by atoms with van der Waals surface area (Å²) in [6.07, 6.45) is 0. The lowest BCUT2D eigenvalue weighted by Gasteiger charge is -2.39. The van der Waals surface area contributed by atoms with E-state index in [1.54, 1.807) is 52.0 Å². The Morgan fingerprint density at radius 2 is 1.09 bits per heavy atom. The molecule has 0 aromatic heterocycles. The van der Waals surface area contributed by atoms with Crippen molar-refractivity contribution >= 4 is 15.2 Å². The van der Waals surface area contributed by atoms with Gasteiger partial charge in [-0.3, -0.25) is 9.13 Å². The summed E-state index contributed by atoms with van der Waals surface area (Å²) in [5, 5.41) is -2.04. The van der Waals surface area contributed by atoms with Crippen LogP contribution in [0.2, 0.25) is 0 Å². The van der Waals surface area contributed by atoms with Gasteiger partial charge in [-0.25, -0.2) is 0 Å². The van der Waals surface area contributed by atoms with Gasteiger partial charge in [-0.15, -0.1) is 0 Å².